The van der Waals surface area contributed by atoms with Crippen LogP contribution in [0.5, 0.6) is 0 Å². The highest BCUT2D eigenvalue weighted by molar-refractivity contribution is 7.61. The molecule has 1 fully saturated rings. The van der Waals surface area contributed by atoms with Gasteiger partial charge < -0.3 is 46.4 Å². The van der Waals surface area contributed by atoms with Gasteiger partial charge in [-0.05, 0) is 0 Å². The molecule has 0 spiro atoms. The van der Waals surface area contributed by atoms with Crippen LogP contribution in [-0.2, 0) is 32.0 Å². The molecule has 19 nitrogen and oxygen atoms in total. The van der Waals surface area contributed by atoms with Crippen LogP contribution in [0.25, 0.3) is 11.2 Å². The Morgan fingerprint density at radius 1 is 1.14 bits per heavy atom. The quantitative estimate of drug-likeness (QED) is 0.117. The number of carbonyl (C=O) groups excluding carboxylic acids is 1. The Kier molecular flexibility index (Phi) is 8.90. The summed E-state index contributed by atoms with van der Waals surface area (Å²) in [6, 6.07) is 0. The van der Waals surface area contributed by atoms with E-state index in [-0.39, 0.29) is 17.0 Å². The summed E-state index contributed by atoms with van der Waals surface area (Å²) in [5.41, 5.74) is 11.1. The Hall–Kier alpha value is -1.96. The smallest absolute Gasteiger partial charge is 0.388 e. The van der Waals surface area contributed by atoms with E-state index in [0.29, 0.717) is 0 Å². The third-order valence-electron chi connectivity index (χ3n) is 4.91. The van der Waals surface area contributed by atoms with Gasteiger partial charge in [0.25, 0.3) is 0 Å². The van der Waals surface area contributed by atoms with E-state index in [9.17, 15) is 44.1 Å². The standard InChI is InChI=1S/C15H24N6O13P2/c16-1-6(22)10(24)7(23)2-31-35(27,28)34-36(29,30)32-3-8-11(25)12(26)15(33-8)21-5-20-9-13(17)18-4-19-14(9)21/h4-5,7-8,10-12,15,23-26H,1-3,16H2,(H,27,28)(H,29,30)(H2,17,18,19)/t7-,8-,10+,11-,12-,15-/m1/s1. The van der Waals surface area contributed by atoms with Crippen LogP contribution < -0.4 is 11.5 Å². The summed E-state index contributed by atoms with van der Waals surface area (Å²) in [6.45, 7) is -2.68. The number of carbonyl (C=O) groups is 1. The number of aliphatic hydroxyl groups excluding tert-OH is 4. The van der Waals surface area contributed by atoms with Crippen molar-refractivity contribution in [3.05, 3.63) is 12.7 Å². The fourth-order valence-corrected chi connectivity index (χ4v) is 5.19. The number of phosphoric ester groups is 2. The Balaban J connectivity index is 1.58. The number of rotatable bonds is 12. The summed E-state index contributed by atoms with van der Waals surface area (Å²) in [7, 11) is -10.7. The Morgan fingerprint density at radius 2 is 1.81 bits per heavy atom. The predicted octanol–water partition coefficient (Wildman–Crippen LogP) is -3.47. The van der Waals surface area contributed by atoms with Crippen LogP contribution in [0.15, 0.2) is 12.7 Å². The molecule has 1 aliphatic rings. The molecule has 0 aromatic carbocycles. The lowest BCUT2D eigenvalue weighted by Gasteiger charge is -2.20. The van der Waals surface area contributed by atoms with Crippen LogP contribution in [0.4, 0.5) is 5.82 Å². The Morgan fingerprint density at radius 3 is 2.47 bits per heavy atom. The SMILES string of the molecule is NCC(=O)[C@H](O)[C@H](O)COP(=O)(O)OP(=O)(O)OC[C@H]1O[C@@H](n2cnc3c(N)ncnc32)[C@H](O)[C@@H]1O. The van der Waals surface area contributed by atoms with Gasteiger partial charge in [-0.2, -0.15) is 4.31 Å². The fourth-order valence-electron chi connectivity index (χ4n) is 3.10. The van der Waals surface area contributed by atoms with Crippen LogP contribution in [-0.4, -0.2) is 106 Å². The molecule has 1 saturated heterocycles. The van der Waals surface area contributed by atoms with Crippen LogP contribution >= 0.6 is 15.6 Å². The molecule has 21 heteroatoms. The molecule has 0 amide bonds. The normalized spacial score (nSPS) is 27.4. The second kappa shape index (κ2) is 11.2. The van der Waals surface area contributed by atoms with Crippen molar-refractivity contribution in [3.8, 4) is 0 Å². The summed E-state index contributed by atoms with van der Waals surface area (Å²) in [6.07, 6.45) is -7.62. The molecule has 202 valence electrons. The number of imidazole rings is 1. The maximum atomic E-state index is 12.1. The minimum Gasteiger partial charge on any atom is -0.388 e. The zero-order chi connectivity index (χ0) is 26.8. The van der Waals surface area contributed by atoms with E-state index < -0.39 is 77.9 Å². The van der Waals surface area contributed by atoms with Gasteiger partial charge in [0.15, 0.2) is 23.5 Å². The molecule has 36 heavy (non-hydrogen) atoms. The van der Waals surface area contributed by atoms with Crippen molar-refractivity contribution in [3.63, 3.8) is 0 Å². The highest BCUT2D eigenvalue weighted by Crippen LogP contribution is 2.60. The molecular weight excluding hydrogens is 534 g/mol. The molecule has 0 bridgehead atoms. The molecule has 10 N–H and O–H groups in total. The first kappa shape index (κ1) is 28.6. The number of anilines is 1. The monoisotopic (exact) mass is 558 g/mol. The number of nitrogen functional groups attached to an aromatic ring is 1. The average molecular weight is 558 g/mol. The number of hydrogen-bond acceptors (Lipinski definition) is 16. The molecule has 2 unspecified atom stereocenters. The van der Waals surface area contributed by atoms with Crippen LogP contribution in [0.1, 0.15) is 6.23 Å². The van der Waals surface area contributed by atoms with Gasteiger partial charge in [-0.3, -0.25) is 18.4 Å². The first-order chi connectivity index (χ1) is 16.8. The van der Waals surface area contributed by atoms with Crippen molar-refractivity contribution in [1.82, 2.24) is 19.5 Å². The summed E-state index contributed by atoms with van der Waals surface area (Å²) >= 11 is 0. The summed E-state index contributed by atoms with van der Waals surface area (Å²) in [5, 5.41) is 39.7. The van der Waals surface area contributed by atoms with Crippen LogP contribution in [0.2, 0.25) is 0 Å². The van der Waals surface area contributed by atoms with Crippen molar-refractivity contribution < 1.29 is 62.2 Å². The third-order valence-corrected chi connectivity index (χ3v) is 7.51. The van der Waals surface area contributed by atoms with Crippen molar-refractivity contribution >= 4 is 38.4 Å². The second-order valence-corrected chi connectivity index (χ2v) is 10.5. The van der Waals surface area contributed by atoms with Crippen molar-refractivity contribution in [2.45, 2.75) is 36.7 Å². The molecule has 3 heterocycles. The molecule has 0 saturated carbocycles. The number of aliphatic hydroxyl groups is 4. The van der Waals surface area contributed by atoms with E-state index >= 15 is 0 Å². The molecule has 2 aromatic rings. The third kappa shape index (κ3) is 6.48. The zero-order valence-electron chi connectivity index (χ0n) is 18.1. The number of Topliss-reactive ketones (excluding diaryl/α,β-unsaturated/α-hetero) is 1. The molecule has 3 rings (SSSR count). The first-order valence-electron chi connectivity index (χ1n) is 9.96. The molecule has 0 aliphatic carbocycles. The van der Waals surface area contributed by atoms with E-state index in [4.69, 9.17) is 16.2 Å². The van der Waals surface area contributed by atoms with Crippen molar-refractivity contribution in [1.29, 1.82) is 0 Å². The number of ketones is 1. The second-order valence-electron chi connectivity index (χ2n) is 7.42. The number of hydrogen-bond donors (Lipinski definition) is 8. The molecule has 1 aliphatic heterocycles. The van der Waals surface area contributed by atoms with Gasteiger partial charge in [0.1, 0.15) is 42.4 Å². The van der Waals surface area contributed by atoms with E-state index in [1.54, 1.807) is 0 Å². The van der Waals surface area contributed by atoms with Gasteiger partial charge in [0, 0.05) is 0 Å². The largest absolute Gasteiger partial charge is 0.481 e. The van der Waals surface area contributed by atoms with Gasteiger partial charge >= 0.3 is 15.6 Å². The van der Waals surface area contributed by atoms with Gasteiger partial charge in [0.2, 0.25) is 0 Å². The van der Waals surface area contributed by atoms with Gasteiger partial charge in [-0.25, -0.2) is 24.1 Å². The maximum absolute atomic E-state index is 12.1. The number of aromatic nitrogens is 4. The minimum atomic E-state index is -5.36. The van der Waals surface area contributed by atoms with Crippen LogP contribution in [0, 0.1) is 0 Å². The van der Waals surface area contributed by atoms with Crippen LogP contribution in [0.3, 0.4) is 0 Å². The fraction of sp³-hybridized carbons (Fsp3) is 0.600. The molecule has 0 radical (unpaired) electrons. The number of nitrogens with zero attached hydrogens (tertiary/aromatic N) is 4. The van der Waals surface area contributed by atoms with E-state index in [2.05, 4.69) is 28.3 Å². The minimum absolute atomic E-state index is 0.0497. The maximum Gasteiger partial charge on any atom is 0.481 e. The Labute approximate surface area is 201 Å². The number of ether oxygens (including phenoxy) is 1. The van der Waals surface area contributed by atoms with E-state index in [1.807, 2.05) is 0 Å². The van der Waals surface area contributed by atoms with E-state index in [0.717, 1.165) is 6.33 Å². The first-order valence-corrected chi connectivity index (χ1v) is 12.9. The summed E-state index contributed by atoms with van der Waals surface area (Å²) in [5.74, 6) is -0.945. The average Bonchev–Trinajstić information content (AvgIpc) is 3.36. The molecular formula is C15H24N6O13P2. The predicted molar refractivity (Wildman–Crippen MR) is 114 cm³/mol. The molecule has 2 aromatic heterocycles. The van der Waals surface area contributed by atoms with Crippen molar-refractivity contribution in [2.24, 2.45) is 5.73 Å². The lowest BCUT2D eigenvalue weighted by Crippen LogP contribution is -2.40. The lowest BCUT2D eigenvalue weighted by atomic mass is 10.1. The number of nitrogens with two attached hydrogens (primary N) is 2. The summed E-state index contributed by atoms with van der Waals surface area (Å²) in [4.78, 5) is 42.3. The number of phosphoric acid groups is 2. The van der Waals surface area contributed by atoms with Gasteiger partial charge in [0.05, 0.1) is 26.1 Å². The topological polar surface area (TPSA) is 305 Å². The van der Waals surface area contributed by atoms with Gasteiger partial charge in [-0.1, -0.05) is 0 Å². The highest BCUT2D eigenvalue weighted by atomic mass is 31.3. The highest BCUT2D eigenvalue weighted by Gasteiger charge is 2.46. The van der Waals surface area contributed by atoms with E-state index in [1.165, 1.54) is 10.9 Å². The number of fused-ring (bicyclic) bond motifs is 1. The van der Waals surface area contributed by atoms with Gasteiger partial charge in [-0.15, -0.1) is 0 Å². The summed E-state index contributed by atoms with van der Waals surface area (Å²) < 4.78 is 43.7. The lowest BCUT2D eigenvalue weighted by molar-refractivity contribution is -0.132. The molecule has 8 atom stereocenters. The van der Waals surface area contributed by atoms with Crippen molar-refractivity contribution in [2.75, 3.05) is 25.5 Å². The zero-order valence-corrected chi connectivity index (χ0v) is 19.9. The Bertz CT molecular complexity index is 1180.